The minimum absolute atomic E-state index is 0.221. The molecule has 0 saturated carbocycles. The van der Waals surface area contributed by atoms with Crippen LogP contribution in [0.4, 0.5) is 0 Å². The van der Waals surface area contributed by atoms with Crippen LogP contribution in [-0.4, -0.2) is 34.9 Å². The first kappa shape index (κ1) is 17.6. The molecule has 1 aromatic heterocycles. The summed E-state index contributed by atoms with van der Waals surface area (Å²) >= 11 is 3.06. The summed E-state index contributed by atoms with van der Waals surface area (Å²) in [7, 11) is 0. The van der Waals surface area contributed by atoms with Crippen LogP contribution in [0.3, 0.4) is 0 Å². The number of pyridine rings is 1. The highest BCUT2D eigenvalue weighted by Gasteiger charge is 2.31. The zero-order valence-corrected chi connectivity index (χ0v) is 14.0. The van der Waals surface area contributed by atoms with Gasteiger partial charge in [-0.3, -0.25) is 14.9 Å². The van der Waals surface area contributed by atoms with Crippen molar-refractivity contribution in [2.45, 2.75) is 39.3 Å². The number of esters is 1. The summed E-state index contributed by atoms with van der Waals surface area (Å²) < 4.78 is 5.47. The summed E-state index contributed by atoms with van der Waals surface area (Å²) in [4.78, 5) is 38.3. The lowest BCUT2D eigenvalue weighted by atomic mass is 10.1. The fourth-order valence-electron chi connectivity index (χ4n) is 1.61. The maximum Gasteiger partial charge on any atom is 0.331 e. The quantitative estimate of drug-likeness (QED) is 0.474. The molecule has 1 rings (SSSR count). The van der Waals surface area contributed by atoms with Crippen molar-refractivity contribution in [2.24, 2.45) is 0 Å². The van der Waals surface area contributed by atoms with Crippen LogP contribution in [0.15, 0.2) is 21.5 Å². The van der Waals surface area contributed by atoms with E-state index in [1.807, 2.05) is 0 Å². The lowest BCUT2D eigenvalue weighted by Crippen LogP contribution is -2.46. The topological polar surface area (TPSA) is 88.3 Å². The average molecular weight is 359 g/mol. The first-order valence-corrected chi connectivity index (χ1v) is 7.33. The fourth-order valence-corrected chi connectivity index (χ4v) is 1.97. The van der Waals surface area contributed by atoms with Gasteiger partial charge in [-0.1, -0.05) is 6.92 Å². The molecule has 1 atom stereocenters. The van der Waals surface area contributed by atoms with Gasteiger partial charge < -0.3 is 9.72 Å². The number of carbonyl (C=O) groups excluding carboxylic acids is 2. The lowest BCUT2D eigenvalue weighted by Gasteiger charge is -2.23. The van der Waals surface area contributed by atoms with Crippen LogP contribution in [0.2, 0.25) is 0 Å². The van der Waals surface area contributed by atoms with E-state index < -0.39 is 23.4 Å². The van der Waals surface area contributed by atoms with Gasteiger partial charge in [0.15, 0.2) is 11.8 Å². The second-order valence-corrected chi connectivity index (χ2v) is 6.31. The highest BCUT2D eigenvalue weighted by atomic mass is 79.9. The molecule has 2 N–H and O–H groups in total. The maximum absolute atomic E-state index is 12.4. The van der Waals surface area contributed by atoms with Crippen molar-refractivity contribution in [3.05, 3.63) is 32.7 Å². The van der Waals surface area contributed by atoms with Crippen molar-refractivity contribution in [3.8, 4) is 0 Å². The Balaban J connectivity index is 3.04. The molecule has 21 heavy (non-hydrogen) atoms. The van der Waals surface area contributed by atoms with Gasteiger partial charge in [-0.05, 0) is 49.3 Å². The van der Waals surface area contributed by atoms with E-state index in [-0.39, 0.29) is 15.6 Å². The van der Waals surface area contributed by atoms with Gasteiger partial charge in [0.1, 0.15) is 5.60 Å². The molecule has 6 nitrogen and oxygen atoms in total. The van der Waals surface area contributed by atoms with Crippen molar-refractivity contribution >= 4 is 27.7 Å². The van der Waals surface area contributed by atoms with E-state index in [1.54, 1.807) is 27.7 Å². The zero-order chi connectivity index (χ0) is 16.2. The van der Waals surface area contributed by atoms with Crippen LogP contribution in [0.5, 0.6) is 0 Å². The molecule has 0 radical (unpaired) electrons. The third kappa shape index (κ3) is 5.09. The molecule has 0 fully saturated rings. The molecule has 7 heteroatoms. The summed E-state index contributed by atoms with van der Waals surface area (Å²) in [5.74, 6) is -1.10. The number of aromatic amines is 1. The normalized spacial score (nSPS) is 12.8. The summed E-state index contributed by atoms with van der Waals surface area (Å²) in [5.41, 5.74) is -0.807. The number of halogens is 1. The molecular weight excluding hydrogens is 340 g/mol. The van der Waals surface area contributed by atoms with Crippen LogP contribution >= 0.6 is 15.9 Å². The van der Waals surface area contributed by atoms with Gasteiger partial charge in [0.2, 0.25) is 0 Å². The third-order valence-electron chi connectivity index (χ3n) is 2.46. The number of ketones is 1. The molecule has 0 saturated heterocycles. The molecule has 0 aromatic carbocycles. The monoisotopic (exact) mass is 358 g/mol. The Morgan fingerprint density at radius 3 is 2.52 bits per heavy atom. The van der Waals surface area contributed by atoms with Gasteiger partial charge in [-0.2, -0.15) is 0 Å². The van der Waals surface area contributed by atoms with Crippen LogP contribution in [0, 0.1) is 0 Å². The molecular formula is C14H19BrN2O4. The van der Waals surface area contributed by atoms with E-state index in [0.29, 0.717) is 6.54 Å². The standard InChI is InChI=1S/C14H19BrN2O4/c1-5-16-10(13(20)21-14(2,3)4)11(18)8-6-9(15)12(19)17-7-8/h6-7,10,16H,5H2,1-4H3,(H,17,19). The number of ether oxygens (including phenoxy) is 1. The average Bonchev–Trinajstić information content (AvgIpc) is 2.36. The van der Waals surface area contributed by atoms with Gasteiger partial charge in [0, 0.05) is 11.8 Å². The number of nitrogens with one attached hydrogen (secondary N) is 2. The Morgan fingerprint density at radius 1 is 1.43 bits per heavy atom. The van der Waals surface area contributed by atoms with Crippen molar-refractivity contribution < 1.29 is 14.3 Å². The first-order valence-electron chi connectivity index (χ1n) is 6.54. The minimum Gasteiger partial charge on any atom is -0.458 e. The minimum atomic E-state index is -1.10. The van der Waals surface area contributed by atoms with Crippen LogP contribution < -0.4 is 10.9 Å². The second kappa shape index (κ2) is 7.00. The SMILES string of the molecule is CCNC(C(=O)OC(C)(C)C)C(=O)c1c[nH]c(=O)c(Br)c1. The van der Waals surface area contributed by atoms with E-state index in [9.17, 15) is 14.4 Å². The highest BCUT2D eigenvalue weighted by molar-refractivity contribution is 9.10. The molecule has 1 unspecified atom stereocenters. The molecule has 0 bridgehead atoms. The zero-order valence-electron chi connectivity index (χ0n) is 12.5. The molecule has 0 aliphatic rings. The second-order valence-electron chi connectivity index (χ2n) is 5.45. The first-order chi connectivity index (χ1) is 9.65. The summed E-state index contributed by atoms with van der Waals surface area (Å²) in [6.07, 6.45) is 1.28. The Labute approximate surface area is 131 Å². The Morgan fingerprint density at radius 2 is 2.05 bits per heavy atom. The smallest absolute Gasteiger partial charge is 0.331 e. The van der Waals surface area contributed by atoms with Crippen molar-refractivity contribution in [1.29, 1.82) is 0 Å². The molecule has 116 valence electrons. The van der Waals surface area contributed by atoms with Crippen LogP contribution in [0.1, 0.15) is 38.1 Å². The van der Waals surface area contributed by atoms with E-state index in [1.165, 1.54) is 12.3 Å². The maximum atomic E-state index is 12.4. The van der Waals surface area contributed by atoms with E-state index in [0.717, 1.165) is 0 Å². The van der Waals surface area contributed by atoms with Gasteiger partial charge in [-0.25, -0.2) is 4.79 Å². The number of aromatic nitrogens is 1. The van der Waals surface area contributed by atoms with Crippen LogP contribution in [0.25, 0.3) is 0 Å². The van der Waals surface area contributed by atoms with Crippen molar-refractivity contribution in [1.82, 2.24) is 10.3 Å². The number of hydrogen-bond donors (Lipinski definition) is 2. The number of rotatable bonds is 5. The van der Waals surface area contributed by atoms with E-state index in [4.69, 9.17) is 4.74 Å². The van der Waals surface area contributed by atoms with Gasteiger partial charge in [0.25, 0.3) is 5.56 Å². The van der Waals surface area contributed by atoms with Crippen molar-refractivity contribution in [2.75, 3.05) is 6.54 Å². The summed E-state index contributed by atoms with van der Waals surface area (Å²) in [6, 6.07) is 0.280. The summed E-state index contributed by atoms with van der Waals surface area (Å²) in [6.45, 7) is 7.41. The molecule has 0 aliphatic carbocycles. The Kier molecular flexibility index (Phi) is 5.86. The van der Waals surface area contributed by atoms with E-state index >= 15 is 0 Å². The summed E-state index contributed by atoms with van der Waals surface area (Å²) in [5, 5.41) is 2.81. The van der Waals surface area contributed by atoms with Gasteiger partial charge in [-0.15, -0.1) is 0 Å². The predicted octanol–water partition coefficient (Wildman–Crippen LogP) is 1.64. The van der Waals surface area contributed by atoms with Gasteiger partial charge >= 0.3 is 5.97 Å². The Bertz CT molecular complexity index is 589. The van der Waals surface area contributed by atoms with E-state index in [2.05, 4.69) is 26.2 Å². The predicted molar refractivity (Wildman–Crippen MR) is 82.4 cm³/mol. The largest absolute Gasteiger partial charge is 0.458 e. The molecule has 0 spiro atoms. The molecule has 0 aliphatic heterocycles. The van der Waals surface area contributed by atoms with Crippen LogP contribution in [-0.2, 0) is 9.53 Å². The van der Waals surface area contributed by atoms with Crippen molar-refractivity contribution in [3.63, 3.8) is 0 Å². The van der Waals surface area contributed by atoms with Gasteiger partial charge in [0.05, 0.1) is 4.47 Å². The fraction of sp³-hybridized carbons (Fsp3) is 0.500. The molecule has 1 heterocycles. The highest BCUT2D eigenvalue weighted by Crippen LogP contribution is 2.12. The lowest BCUT2D eigenvalue weighted by molar-refractivity contribution is -0.155. The number of H-pyrrole nitrogens is 1. The Hall–Kier alpha value is -1.47. The number of likely N-dealkylation sites (N-methyl/N-ethyl adjacent to an activating group) is 1. The molecule has 1 aromatic rings. The number of Topliss-reactive ketones (excluding diaryl/α,β-unsaturated/α-hetero) is 1. The molecule has 0 amide bonds. The number of carbonyl (C=O) groups is 2. The third-order valence-corrected chi connectivity index (χ3v) is 3.04. The number of hydrogen-bond acceptors (Lipinski definition) is 5.